The molecule has 0 bridgehead atoms. The van der Waals surface area contributed by atoms with E-state index in [1.807, 2.05) is 18.2 Å². The van der Waals surface area contributed by atoms with Crippen molar-refractivity contribution in [3.05, 3.63) is 48.9 Å². The molecule has 0 saturated carbocycles. The maximum Gasteiger partial charge on any atom is 0.138 e. The number of aromatic hydroxyl groups is 1. The molecule has 16 heavy (non-hydrogen) atoms. The molecule has 0 atom stereocenters. The second-order valence-corrected chi connectivity index (χ2v) is 3.51. The Labute approximate surface area is 92.0 Å². The van der Waals surface area contributed by atoms with Crippen molar-refractivity contribution in [3.8, 4) is 17.1 Å². The molecule has 0 spiro atoms. The monoisotopic (exact) mass is 211 g/mol. The van der Waals surface area contributed by atoms with Crippen LogP contribution in [-0.2, 0) is 0 Å². The molecule has 2 heterocycles. The number of fused-ring (bicyclic) bond motifs is 1. The first-order chi connectivity index (χ1) is 7.86. The fraction of sp³-hybridized carbons (Fsp3) is 0. The molecule has 78 valence electrons. The normalized spacial score (nSPS) is 10.8. The van der Waals surface area contributed by atoms with E-state index in [0.29, 0.717) is 11.3 Å². The van der Waals surface area contributed by atoms with Crippen LogP contribution < -0.4 is 0 Å². The number of furan rings is 1. The van der Waals surface area contributed by atoms with Gasteiger partial charge in [0.2, 0.25) is 0 Å². The van der Waals surface area contributed by atoms with Crippen molar-refractivity contribution >= 4 is 10.9 Å². The minimum Gasteiger partial charge on any atom is -0.507 e. The lowest BCUT2D eigenvalue weighted by Crippen LogP contribution is -1.83. The van der Waals surface area contributed by atoms with E-state index < -0.39 is 0 Å². The van der Waals surface area contributed by atoms with Crippen LogP contribution in [0, 0.1) is 0 Å². The first-order valence-electron chi connectivity index (χ1n) is 4.97. The van der Waals surface area contributed by atoms with Gasteiger partial charge in [-0.2, -0.15) is 0 Å². The van der Waals surface area contributed by atoms with Gasteiger partial charge in [0.15, 0.2) is 0 Å². The quantitative estimate of drug-likeness (QED) is 0.672. The lowest BCUT2D eigenvalue weighted by atomic mass is 10.1. The fourth-order valence-corrected chi connectivity index (χ4v) is 1.82. The molecule has 0 aliphatic carbocycles. The van der Waals surface area contributed by atoms with Crippen molar-refractivity contribution in [2.24, 2.45) is 0 Å². The molecule has 0 amide bonds. The maximum atomic E-state index is 9.89. The second-order valence-electron chi connectivity index (χ2n) is 3.51. The van der Waals surface area contributed by atoms with Crippen molar-refractivity contribution in [2.75, 3.05) is 0 Å². The standard InChI is InChI=1S/C13H9NO2/c15-11-6-5-10-9(3-1-7-14-10)13(11)12-4-2-8-16-12/h1-8,15H. The number of pyridine rings is 1. The number of aromatic nitrogens is 1. The second kappa shape index (κ2) is 3.38. The molecule has 3 aromatic rings. The van der Waals surface area contributed by atoms with Crippen LogP contribution in [0.4, 0.5) is 0 Å². The third kappa shape index (κ3) is 1.26. The number of nitrogens with zero attached hydrogens (tertiary/aromatic N) is 1. The van der Waals surface area contributed by atoms with E-state index in [9.17, 15) is 5.11 Å². The summed E-state index contributed by atoms with van der Waals surface area (Å²) in [5.74, 6) is 0.853. The van der Waals surface area contributed by atoms with Crippen molar-refractivity contribution < 1.29 is 9.52 Å². The summed E-state index contributed by atoms with van der Waals surface area (Å²) in [6.07, 6.45) is 3.31. The summed E-state index contributed by atoms with van der Waals surface area (Å²) in [5.41, 5.74) is 1.53. The highest BCUT2D eigenvalue weighted by atomic mass is 16.3. The van der Waals surface area contributed by atoms with Crippen LogP contribution in [0.3, 0.4) is 0 Å². The van der Waals surface area contributed by atoms with Crippen molar-refractivity contribution in [3.63, 3.8) is 0 Å². The molecule has 3 heteroatoms. The lowest BCUT2D eigenvalue weighted by molar-refractivity contribution is 0.474. The van der Waals surface area contributed by atoms with E-state index in [4.69, 9.17) is 4.42 Å². The van der Waals surface area contributed by atoms with Crippen LogP contribution in [0.1, 0.15) is 0 Å². The highest BCUT2D eigenvalue weighted by Crippen LogP contribution is 2.35. The van der Waals surface area contributed by atoms with Crippen molar-refractivity contribution in [1.29, 1.82) is 0 Å². The van der Waals surface area contributed by atoms with Gasteiger partial charge < -0.3 is 9.52 Å². The summed E-state index contributed by atoms with van der Waals surface area (Å²) in [7, 11) is 0. The predicted molar refractivity (Wildman–Crippen MR) is 61.1 cm³/mol. The van der Waals surface area contributed by atoms with Gasteiger partial charge in [0.1, 0.15) is 11.5 Å². The SMILES string of the molecule is Oc1ccc2ncccc2c1-c1ccco1. The van der Waals surface area contributed by atoms with Gasteiger partial charge in [-0.1, -0.05) is 6.07 Å². The van der Waals surface area contributed by atoms with Gasteiger partial charge in [-0.3, -0.25) is 4.98 Å². The van der Waals surface area contributed by atoms with Crippen LogP contribution in [0.15, 0.2) is 53.3 Å². The zero-order valence-corrected chi connectivity index (χ0v) is 8.42. The maximum absolute atomic E-state index is 9.89. The molecule has 0 radical (unpaired) electrons. The van der Waals surface area contributed by atoms with Crippen LogP contribution in [-0.4, -0.2) is 10.1 Å². The largest absolute Gasteiger partial charge is 0.507 e. The number of phenols is 1. The molecular formula is C13H9NO2. The summed E-state index contributed by atoms with van der Waals surface area (Å²) in [6, 6.07) is 10.8. The Morgan fingerprint density at radius 3 is 2.81 bits per heavy atom. The molecular weight excluding hydrogens is 202 g/mol. The van der Waals surface area contributed by atoms with Crippen molar-refractivity contribution in [1.82, 2.24) is 4.98 Å². The predicted octanol–water partition coefficient (Wildman–Crippen LogP) is 3.20. The van der Waals surface area contributed by atoms with Crippen LogP contribution in [0.25, 0.3) is 22.2 Å². The molecule has 1 N–H and O–H groups in total. The summed E-state index contributed by atoms with van der Waals surface area (Å²) >= 11 is 0. The molecule has 2 aromatic heterocycles. The topological polar surface area (TPSA) is 46.3 Å². The van der Waals surface area contributed by atoms with E-state index in [1.54, 1.807) is 30.7 Å². The van der Waals surface area contributed by atoms with Crippen LogP contribution in [0.2, 0.25) is 0 Å². The third-order valence-electron chi connectivity index (χ3n) is 2.53. The molecule has 3 nitrogen and oxygen atoms in total. The summed E-state index contributed by atoms with van der Waals surface area (Å²) < 4.78 is 5.32. The average Bonchev–Trinajstić information content (AvgIpc) is 2.82. The van der Waals surface area contributed by atoms with Gasteiger partial charge in [-0.15, -0.1) is 0 Å². The lowest BCUT2D eigenvalue weighted by Gasteiger charge is -2.05. The Morgan fingerprint density at radius 2 is 2.00 bits per heavy atom. The first-order valence-corrected chi connectivity index (χ1v) is 4.97. The molecule has 3 rings (SSSR count). The third-order valence-corrected chi connectivity index (χ3v) is 2.53. The van der Waals surface area contributed by atoms with Gasteiger partial charge in [0.25, 0.3) is 0 Å². The summed E-state index contributed by atoms with van der Waals surface area (Å²) in [5, 5.41) is 10.8. The Hall–Kier alpha value is -2.29. The Balaban J connectivity index is 2.42. The zero-order chi connectivity index (χ0) is 11.0. The molecule has 0 unspecified atom stereocenters. The van der Waals surface area contributed by atoms with Gasteiger partial charge in [-0.25, -0.2) is 0 Å². The first kappa shape index (κ1) is 8.97. The Morgan fingerprint density at radius 1 is 1.06 bits per heavy atom. The van der Waals surface area contributed by atoms with E-state index in [-0.39, 0.29) is 5.75 Å². The van der Waals surface area contributed by atoms with Crippen molar-refractivity contribution in [2.45, 2.75) is 0 Å². The van der Waals surface area contributed by atoms with E-state index in [1.165, 1.54) is 0 Å². The molecule has 0 aliphatic heterocycles. The molecule has 0 aliphatic rings. The average molecular weight is 211 g/mol. The van der Waals surface area contributed by atoms with Gasteiger partial charge >= 0.3 is 0 Å². The minimum absolute atomic E-state index is 0.204. The van der Waals surface area contributed by atoms with E-state index >= 15 is 0 Å². The van der Waals surface area contributed by atoms with E-state index in [2.05, 4.69) is 4.98 Å². The van der Waals surface area contributed by atoms with Gasteiger partial charge in [0, 0.05) is 11.6 Å². The number of rotatable bonds is 1. The van der Waals surface area contributed by atoms with Crippen LogP contribution in [0.5, 0.6) is 5.75 Å². The Bertz CT molecular complexity index is 629. The summed E-state index contributed by atoms with van der Waals surface area (Å²) in [4.78, 5) is 4.24. The van der Waals surface area contributed by atoms with E-state index in [0.717, 1.165) is 10.9 Å². The highest BCUT2D eigenvalue weighted by Gasteiger charge is 2.11. The molecule has 1 aromatic carbocycles. The Kier molecular flexibility index (Phi) is 1.90. The number of phenolic OH excluding ortho intramolecular Hbond substituents is 1. The number of hydrogen-bond acceptors (Lipinski definition) is 3. The number of benzene rings is 1. The van der Waals surface area contributed by atoms with Gasteiger partial charge in [-0.05, 0) is 30.3 Å². The van der Waals surface area contributed by atoms with Gasteiger partial charge in [0.05, 0.1) is 17.3 Å². The zero-order valence-electron chi connectivity index (χ0n) is 8.42. The van der Waals surface area contributed by atoms with Crippen LogP contribution >= 0.6 is 0 Å². The fourth-order valence-electron chi connectivity index (χ4n) is 1.82. The summed E-state index contributed by atoms with van der Waals surface area (Å²) in [6.45, 7) is 0. The molecule has 0 fully saturated rings. The molecule has 0 saturated heterocycles. The highest BCUT2D eigenvalue weighted by molar-refractivity contribution is 5.96. The number of hydrogen-bond donors (Lipinski definition) is 1. The smallest absolute Gasteiger partial charge is 0.138 e. The minimum atomic E-state index is 0.204.